The summed E-state index contributed by atoms with van der Waals surface area (Å²) in [7, 11) is 0. The molecular weight excluding hydrogens is 258 g/mol. The minimum atomic E-state index is -0.229. The average molecular weight is 271 g/mol. The lowest BCUT2D eigenvalue weighted by molar-refractivity contribution is 0.0945. The van der Waals surface area contributed by atoms with Gasteiger partial charge in [0.2, 0.25) is 6.79 Å². The van der Waals surface area contributed by atoms with Gasteiger partial charge in [-0.05, 0) is 30.7 Å². The number of aryl methyl sites for hydroxylation is 1. The number of rotatable bonds is 3. The van der Waals surface area contributed by atoms with Crippen molar-refractivity contribution in [2.45, 2.75) is 13.5 Å². The van der Waals surface area contributed by atoms with Gasteiger partial charge in [0.05, 0.1) is 0 Å². The van der Waals surface area contributed by atoms with Gasteiger partial charge in [-0.25, -0.2) is 9.97 Å². The summed E-state index contributed by atoms with van der Waals surface area (Å²) in [5.74, 6) is 1.20. The molecule has 2 aromatic rings. The van der Waals surface area contributed by atoms with E-state index in [1.54, 1.807) is 6.07 Å². The van der Waals surface area contributed by atoms with E-state index in [0.29, 0.717) is 18.0 Å². The molecule has 102 valence electrons. The molecule has 1 aliphatic rings. The maximum Gasteiger partial charge on any atom is 0.270 e. The number of amides is 1. The van der Waals surface area contributed by atoms with Crippen LogP contribution in [0.2, 0.25) is 0 Å². The normalized spacial score (nSPS) is 12.2. The molecular formula is C14H13N3O3. The monoisotopic (exact) mass is 271 g/mol. The summed E-state index contributed by atoms with van der Waals surface area (Å²) in [5.41, 5.74) is 2.06. The van der Waals surface area contributed by atoms with Gasteiger partial charge in [0.1, 0.15) is 12.0 Å². The predicted octanol–water partition coefficient (Wildman–Crippen LogP) is 1.44. The molecule has 6 heteroatoms. The highest BCUT2D eigenvalue weighted by Gasteiger charge is 2.14. The summed E-state index contributed by atoms with van der Waals surface area (Å²) in [4.78, 5) is 19.8. The number of fused-ring (bicyclic) bond motifs is 1. The Balaban J connectivity index is 1.66. The summed E-state index contributed by atoms with van der Waals surface area (Å²) in [6.45, 7) is 2.46. The number of ether oxygens (including phenoxy) is 2. The molecule has 0 aliphatic carbocycles. The Morgan fingerprint density at radius 2 is 2.10 bits per heavy atom. The third kappa shape index (κ3) is 2.54. The van der Waals surface area contributed by atoms with Gasteiger partial charge in [-0.1, -0.05) is 6.07 Å². The molecule has 6 nitrogen and oxygen atoms in total. The van der Waals surface area contributed by atoms with Gasteiger partial charge in [-0.2, -0.15) is 0 Å². The van der Waals surface area contributed by atoms with Crippen LogP contribution in [0.3, 0.4) is 0 Å². The molecule has 0 saturated carbocycles. The molecule has 0 radical (unpaired) electrons. The van der Waals surface area contributed by atoms with Crippen LogP contribution in [-0.4, -0.2) is 22.7 Å². The van der Waals surface area contributed by atoms with E-state index < -0.39 is 0 Å². The SMILES string of the molecule is Cc1cc(C(=O)NCc2ccc3c(c2)OCO3)ncn1. The topological polar surface area (TPSA) is 73.3 Å². The number of hydrogen-bond acceptors (Lipinski definition) is 5. The Bertz CT molecular complexity index is 658. The fraction of sp³-hybridized carbons (Fsp3) is 0.214. The van der Waals surface area contributed by atoms with Crippen molar-refractivity contribution in [3.8, 4) is 11.5 Å². The van der Waals surface area contributed by atoms with Crippen LogP contribution in [0.5, 0.6) is 11.5 Å². The zero-order valence-electron chi connectivity index (χ0n) is 10.9. The molecule has 1 aromatic heterocycles. The van der Waals surface area contributed by atoms with E-state index in [1.165, 1.54) is 6.33 Å². The lowest BCUT2D eigenvalue weighted by Crippen LogP contribution is -2.24. The van der Waals surface area contributed by atoms with Gasteiger partial charge < -0.3 is 14.8 Å². The molecule has 0 spiro atoms. The van der Waals surface area contributed by atoms with E-state index in [2.05, 4.69) is 15.3 Å². The van der Waals surface area contributed by atoms with Gasteiger partial charge in [0.15, 0.2) is 11.5 Å². The summed E-state index contributed by atoms with van der Waals surface area (Å²) in [6.07, 6.45) is 1.38. The second-order valence-electron chi connectivity index (χ2n) is 4.41. The van der Waals surface area contributed by atoms with Crippen molar-refractivity contribution in [1.82, 2.24) is 15.3 Å². The van der Waals surface area contributed by atoms with Crippen molar-refractivity contribution in [3.63, 3.8) is 0 Å². The highest BCUT2D eigenvalue weighted by atomic mass is 16.7. The molecule has 1 N–H and O–H groups in total. The van der Waals surface area contributed by atoms with Crippen LogP contribution in [0.1, 0.15) is 21.7 Å². The summed E-state index contributed by atoms with van der Waals surface area (Å²) >= 11 is 0. The van der Waals surface area contributed by atoms with Crippen LogP contribution in [0.4, 0.5) is 0 Å². The third-order valence-corrected chi connectivity index (χ3v) is 2.93. The second-order valence-corrected chi connectivity index (χ2v) is 4.41. The van der Waals surface area contributed by atoms with Crippen LogP contribution < -0.4 is 14.8 Å². The van der Waals surface area contributed by atoms with Gasteiger partial charge in [-0.3, -0.25) is 4.79 Å². The fourth-order valence-electron chi connectivity index (χ4n) is 1.90. The Morgan fingerprint density at radius 1 is 1.25 bits per heavy atom. The number of benzene rings is 1. The Kier molecular flexibility index (Phi) is 3.20. The first-order valence-electron chi connectivity index (χ1n) is 6.18. The van der Waals surface area contributed by atoms with E-state index in [1.807, 2.05) is 25.1 Å². The van der Waals surface area contributed by atoms with Crippen LogP contribution >= 0.6 is 0 Å². The smallest absolute Gasteiger partial charge is 0.270 e. The lowest BCUT2D eigenvalue weighted by Gasteiger charge is -2.06. The molecule has 0 fully saturated rings. The highest BCUT2D eigenvalue weighted by molar-refractivity contribution is 5.92. The van der Waals surface area contributed by atoms with Gasteiger partial charge in [0.25, 0.3) is 5.91 Å². The number of carbonyl (C=O) groups is 1. The molecule has 1 aliphatic heterocycles. The standard InChI is InChI=1S/C14H13N3O3/c1-9-4-11(17-7-16-9)14(18)15-6-10-2-3-12-13(5-10)20-8-19-12/h2-5,7H,6,8H2,1H3,(H,15,18). The maximum atomic E-state index is 11.9. The first-order valence-corrected chi connectivity index (χ1v) is 6.18. The van der Waals surface area contributed by atoms with Crippen LogP contribution in [0.25, 0.3) is 0 Å². The van der Waals surface area contributed by atoms with Crippen LogP contribution in [-0.2, 0) is 6.54 Å². The first-order chi connectivity index (χ1) is 9.72. The fourth-order valence-corrected chi connectivity index (χ4v) is 1.90. The number of aromatic nitrogens is 2. The molecule has 0 atom stereocenters. The second kappa shape index (κ2) is 5.16. The summed E-state index contributed by atoms with van der Waals surface area (Å²) in [5, 5.41) is 2.81. The predicted molar refractivity (Wildman–Crippen MR) is 70.5 cm³/mol. The molecule has 1 aromatic carbocycles. The Labute approximate surface area is 115 Å². The number of carbonyl (C=O) groups excluding carboxylic acids is 1. The average Bonchev–Trinajstić information content (AvgIpc) is 2.92. The van der Waals surface area contributed by atoms with Crippen molar-refractivity contribution in [1.29, 1.82) is 0 Å². The number of nitrogens with zero attached hydrogens (tertiary/aromatic N) is 2. The molecule has 2 heterocycles. The number of hydrogen-bond donors (Lipinski definition) is 1. The van der Waals surface area contributed by atoms with Gasteiger partial charge >= 0.3 is 0 Å². The van der Waals surface area contributed by atoms with E-state index >= 15 is 0 Å². The Morgan fingerprint density at radius 3 is 2.95 bits per heavy atom. The lowest BCUT2D eigenvalue weighted by atomic mass is 10.2. The van der Waals surface area contributed by atoms with E-state index in [0.717, 1.165) is 17.0 Å². The highest BCUT2D eigenvalue weighted by Crippen LogP contribution is 2.32. The first kappa shape index (κ1) is 12.4. The molecule has 20 heavy (non-hydrogen) atoms. The molecule has 0 bridgehead atoms. The van der Waals surface area contributed by atoms with E-state index in [-0.39, 0.29) is 12.7 Å². The zero-order valence-corrected chi connectivity index (χ0v) is 10.9. The van der Waals surface area contributed by atoms with Gasteiger partial charge in [0, 0.05) is 12.2 Å². The molecule has 1 amide bonds. The van der Waals surface area contributed by atoms with Crippen molar-refractivity contribution in [2.24, 2.45) is 0 Å². The van der Waals surface area contributed by atoms with Crippen molar-refractivity contribution >= 4 is 5.91 Å². The quantitative estimate of drug-likeness (QED) is 0.914. The van der Waals surface area contributed by atoms with Crippen molar-refractivity contribution in [2.75, 3.05) is 6.79 Å². The third-order valence-electron chi connectivity index (χ3n) is 2.93. The molecule has 3 rings (SSSR count). The molecule has 0 saturated heterocycles. The van der Waals surface area contributed by atoms with Crippen molar-refractivity contribution < 1.29 is 14.3 Å². The van der Waals surface area contributed by atoms with E-state index in [4.69, 9.17) is 9.47 Å². The van der Waals surface area contributed by atoms with Crippen LogP contribution in [0, 0.1) is 6.92 Å². The minimum Gasteiger partial charge on any atom is -0.454 e. The zero-order chi connectivity index (χ0) is 13.9. The van der Waals surface area contributed by atoms with Gasteiger partial charge in [-0.15, -0.1) is 0 Å². The summed E-state index contributed by atoms with van der Waals surface area (Å²) < 4.78 is 10.5. The largest absolute Gasteiger partial charge is 0.454 e. The maximum absolute atomic E-state index is 11.9. The number of nitrogens with one attached hydrogen (secondary N) is 1. The Hall–Kier alpha value is -2.63. The minimum absolute atomic E-state index is 0.229. The van der Waals surface area contributed by atoms with Crippen LogP contribution in [0.15, 0.2) is 30.6 Å². The molecule has 0 unspecified atom stereocenters. The van der Waals surface area contributed by atoms with Crippen molar-refractivity contribution in [3.05, 3.63) is 47.5 Å². The summed E-state index contributed by atoms with van der Waals surface area (Å²) in [6, 6.07) is 7.22. The van der Waals surface area contributed by atoms with E-state index in [9.17, 15) is 4.79 Å².